The van der Waals surface area contributed by atoms with E-state index >= 15 is 0 Å². The van der Waals surface area contributed by atoms with Crippen molar-refractivity contribution in [1.29, 1.82) is 0 Å². The molecule has 12 rings (SSSR count). The second-order valence-electron chi connectivity index (χ2n) is 15.7. The van der Waals surface area contributed by atoms with E-state index in [9.17, 15) is 0 Å². The van der Waals surface area contributed by atoms with Crippen molar-refractivity contribution in [3.05, 3.63) is 224 Å². The molecule has 0 saturated carbocycles. The summed E-state index contributed by atoms with van der Waals surface area (Å²) in [5.74, 6) is 0. The zero-order valence-corrected chi connectivity index (χ0v) is 33.9. The summed E-state index contributed by atoms with van der Waals surface area (Å²) < 4.78 is 9.49. The van der Waals surface area contributed by atoms with E-state index in [-0.39, 0.29) is 0 Å². The van der Waals surface area contributed by atoms with Gasteiger partial charge in [-0.1, -0.05) is 164 Å². The summed E-state index contributed by atoms with van der Waals surface area (Å²) in [5.41, 5.74) is 14.3. The minimum Gasteiger partial charge on any atom is -0.454 e. The molecule has 0 radical (unpaired) electrons. The van der Waals surface area contributed by atoms with Crippen LogP contribution < -0.4 is 4.90 Å². The molecule has 10 aromatic carbocycles. The van der Waals surface area contributed by atoms with Crippen molar-refractivity contribution < 1.29 is 4.42 Å². The predicted molar refractivity (Wildman–Crippen MR) is 261 cm³/mol. The van der Waals surface area contributed by atoms with Crippen molar-refractivity contribution in [1.82, 2.24) is 0 Å². The van der Waals surface area contributed by atoms with Gasteiger partial charge >= 0.3 is 0 Å². The third-order valence-corrected chi connectivity index (χ3v) is 13.2. The van der Waals surface area contributed by atoms with Crippen LogP contribution in [-0.2, 0) is 0 Å². The van der Waals surface area contributed by atoms with E-state index in [1.165, 1.54) is 58.8 Å². The topological polar surface area (TPSA) is 16.4 Å². The first-order valence-corrected chi connectivity index (χ1v) is 21.5. The third kappa shape index (κ3) is 6.18. The maximum Gasteiger partial charge on any atom is 0.160 e. The summed E-state index contributed by atoms with van der Waals surface area (Å²) in [6.07, 6.45) is 0. The van der Waals surface area contributed by atoms with Crippen molar-refractivity contribution in [2.45, 2.75) is 0 Å². The van der Waals surface area contributed by atoms with Crippen LogP contribution in [0.2, 0.25) is 0 Å². The Balaban J connectivity index is 0.961. The Bertz CT molecular complexity index is 3560. The van der Waals surface area contributed by atoms with Crippen LogP contribution in [0.25, 0.3) is 97.4 Å². The zero-order chi connectivity index (χ0) is 40.3. The second-order valence-corrected chi connectivity index (χ2v) is 16.8. The molecule has 0 aliphatic carbocycles. The monoisotopic (exact) mass is 795 g/mol. The van der Waals surface area contributed by atoms with E-state index in [4.69, 9.17) is 4.42 Å². The molecule has 0 bridgehead atoms. The Kier molecular flexibility index (Phi) is 8.39. The fraction of sp³-hybridized carbons (Fsp3) is 0. The highest BCUT2D eigenvalue weighted by Gasteiger charge is 2.22. The highest BCUT2D eigenvalue weighted by molar-refractivity contribution is 7.25. The molecule has 0 atom stereocenters. The summed E-state index contributed by atoms with van der Waals surface area (Å²) in [5, 5.41) is 7.34. The maximum absolute atomic E-state index is 6.85. The van der Waals surface area contributed by atoms with Crippen LogP contribution in [0.15, 0.2) is 229 Å². The molecule has 0 unspecified atom stereocenters. The van der Waals surface area contributed by atoms with Crippen LogP contribution in [0.1, 0.15) is 0 Å². The lowest BCUT2D eigenvalue weighted by Crippen LogP contribution is -2.10. The lowest BCUT2D eigenvalue weighted by molar-refractivity contribution is 0.669. The highest BCUT2D eigenvalue weighted by Crippen LogP contribution is 2.46. The standard InChI is InChI=1S/C58H37NOS/c1-2-11-43(12-3-1)49-33-34-53(58-57(49)51-15-6-8-16-54(51)60-58)59(48-31-26-42(27-32-48)46-28-35-56-52(37-46)50-14-7-9-17-55(50)61-56)47-29-24-40(25-30-47)39-18-20-41(21-19-39)45-23-22-38-10-4-5-13-44(38)36-45/h1-37H. The van der Waals surface area contributed by atoms with Crippen LogP contribution in [0.3, 0.4) is 0 Å². The minimum absolute atomic E-state index is 0.856. The molecule has 286 valence electrons. The lowest BCUT2D eigenvalue weighted by atomic mass is 9.97. The van der Waals surface area contributed by atoms with E-state index in [0.29, 0.717) is 0 Å². The van der Waals surface area contributed by atoms with Crippen molar-refractivity contribution in [2.75, 3.05) is 4.90 Å². The van der Waals surface area contributed by atoms with E-state index < -0.39 is 0 Å². The number of nitrogens with zero attached hydrogens (tertiary/aromatic N) is 1. The van der Waals surface area contributed by atoms with Gasteiger partial charge in [0.1, 0.15) is 5.58 Å². The first-order valence-electron chi connectivity index (χ1n) is 20.7. The van der Waals surface area contributed by atoms with Crippen molar-refractivity contribution in [2.24, 2.45) is 0 Å². The van der Waals surface area contributed by atoms with E-state index in [2.05, 4.69) is 223 Å². The molecule has 0 saturated heterocycles. The van der Waals surface area contributed by atoms with Gasteiger partial charge in [-0.3, -0.25) is 0 Å². The SMILES string of the molecule is c1ccc(-c2ccc(N(c3ccc(-c4ccc(-c5ccc6ccccc6c5)cc4)cc3)c3ccc(-c4ccc5sc6ccccc6c5c4)cc3)c3oc4ccccc4c23)cc1. The molecule has 0 amide bonds. The summed E-state index contributed by atoms with van der Waals surface area (Å²) >= 11 is 1.85. The van der Waals surface area contributed by atoms with Crippen LogP contribution >= 0.6 is 11.3 Å². The summed E-state index contributed by atoms with van der Waals surface area (Å²) in [6.45, 7) is 0. The summed E-state index contributed by atoms with van der Waals surface area (Å²) in [4.78, 5) is 2.34. The minimum atomic E-state index is 0.856. The van der Waals surface area contributed by atoms with Gasteiger partial charge in [-0.2, -0.15) is 0 Å². The molecule has 0 spiro atoms. The second kappa shape index (κ2) is 14.5. The third-order valence-electron chi connectivity index (χ3n) is 12.1. The average molecular weight is 796 g/mol. The number of hydrogen-bond donors (Lipinski definition) is 0. The van der Waals surface area contributed by atoms with Gasteiger partial charge in [-0.15, -0.1) is 11.3 Å². The molecule has 2 nitrogen and oxygen atoms in total. The quantitative estimate of drug-likeness (QED) is 0.160. The van der Waals surface area contributed by atoms with Gasteiger partial charge in [0.25, 0.3) is 0 Å². The normalized spacial score (nSPS) is 11.6. The van der Waals surface area contributed by atoms with E-state index in [1.807, 2.05) is 17.4 Å². The number of anilines is 3. The van der Waals surface area contributed by atoms with Crippen LogP contribution in [-0.4, -0.2) is 0 Å². The van der Waals surface area contributed by atoms with Crippen LogP contribution in [0.4, 0.5) is 17.1 Å². The van der Waals surface area contributed by atoms with Gasteiger partial charge in [-0.25, -0.2) is 0 Å². The van der Waals surface area contributed by atoms with Gasteiger partial charge in [0.15, 0.2) is 5.58 Å². The number of fused-ring (bicyclic) bond motifs is 7. The average Bonchev–Trinajstić information content (AvgIpc) is 3.91. The Morgan fingerprint density at radius 3 is 1.62 bits per heavy atom. The van der Waals surface area contributed by atoms with Crippen molar-refractivity contribution >= 4 is 81.3 Å². The first-order chi connectivity index (χ1) is 30.2. The summed E-state index contributed by atoms with van der Waals surface area (Å²) in [6, 6.07) is 81.1. The largest absolute Gasteiger partial charge is 0.454 e. The molecule has 2 aromatic heterocycles. The molecule has 2 heterocycles. The number of hydrogen-bond acceptors (Lipinski definition) is 3. The number of para-hydroxylation sites is 1. The van der Waals surface area contributed by atoms with Gasteiger partial charge in [-0.05, 0) is 116 Å². The number of thiophene rings is 1. The smallest absolute Gasteiger partial charge is 0.160 e. The van der Waals surface area contributed by atoms with Gasteiger partial charge in [0, 0.05) is 42.3 Å². The number of rotatable bonds is 7. The molecule has 0 fully saturated rings. The Morgan fingerprint density at radius 1 is 0.344 bits per heavy atom. The van der Waals surface area contributed by atoms with Gasteiger partial charge < -0.3 is 9.32 Å². The zero-order valence-electron chi connectivity index (χ0n) is 33.1. The molecule has 12 aromatic rings. The van der Waals surface area contributed by atoms with Crippen LogP contribution in [0, 0.1) is 0 Å². The van der Waals surface area contributed by atoms with Crippen LogP contribution in [0.5, 0.6) is 0 Å². The fourth-order valence-electron chi connectivity index (χ4n) is 9.01. The Morgan fingerprint density at radius 2 is 0.885 bits per heavy atom. The molecule has 0 aliphatic rings. The molecule has 0 aliphatic heterocycles. The van der Waals surface area contributed by atoms with E-state index in [0.717, 1.165) is 55.7 Å². The van der Waals surface area contributed by atoms with E-state index in [1.54, 1.807) is 0 Å². The lowest BCUT2D eigenvalue weighted by Gasteiger charge is -2.26. The molecular formula is C58H37NOS. The molecule has 3 heteroatoms. The fourth-order valence-corrected chi connectivity index (χ4v) is 10.1. The first kappa shape index (κ1) is 35.2. The summed E-state index contributed by atoms with van der Waals surface area (Å²) in [7, 11) is 0. The van der Waals surface area contributed by atoms with Gasteiger partial charge in [0.05, 0.1) is 5.69 Å². The van der Waals surface area contributed by atoms with Crippen molar-refractivity contribution in [3.8, 4) is 44.5 Å². The Hall–Kier alpha value is -7.72. The highest BCUT2D eigenvalue weighted by atomic mass is 32.1. The predicted octanol–water partition coefficient (Wildman–Crippen LogP) is 17.2. The molecule has 0 N–H and O–H groups in total. The molecule has 61 heavy (non-hydrogen) atoms. The molecular weight excluding hydrogens is 759 g/mol. The number of furan rings is 1. The van der Waals surface area contributed by atoms with Crippen molar-refractivity contribution in [3.63, 3.8) is 0 Å². The Labute approximate surface area is 357 Å². The number of benzene rings is 10. The van der Waals surface area contributed by atoms with Gasteiger partial charge in [0.2, 0.25) is 0 Å². The maximum atomic E-state index is 6.85.